The Morgan fingerprint density at radius 3 is 2.48 bits per heavy atom. The van der Waals surface area contributed by atoms with Crippen molar-refractivity contribution < 1.29 is 4.79 Å². The molecule has 0 aliphatic heterocycles. The van der Waals surface area contributed by atoms with E-state index in [4.69, 9.17) is 0 Å². The summed E-state index contributed by atoms with van der Waals surface area (Å²) in [6.45, 7) is 9.79. The molecule has 0 fully saturated rings. The zero-order chi connectivity index (χ0) is 18.6. The molecule has 1 heterocycles. The quantitative estimate of drug-likeness (QED) is 0.848. The average Bonchev–Trinajstić information content (AvgIpc) is 2.54. The fourth-order valence-corrected chi connectivity index (χ4v) is 2.90. The minimum atomic E-state index is -0.185. The maximum Gasteiger partial charge on any atom is 0.254 e. The van der Waals surface area contributed by atoms with Crippen molar-refractivity contribution >= 4 is 5.91 Å². The van der Waals surface area contributed by atoms with Gasteiger partial charge in [-0.15, -0.1) is 0 Å². The van der Waals surface area contributed by atoms with Gasteiger partial charge in [-0.05, 0) is 32.8 Å². The molecule has 5 nitrogen and oxygen atoms in total. The van der Waals surface area contributed by atoms with Gasteiger partial charge in [0.25, 0.3) is 5.56 Å². The van der Waals surface area contributed by atoms with Crippen molar-refractivity contribution in [2.75, 3.05) is 0 Å². The van der Waals surface area contributed by atoms with E-state index in [-0.39, 0.29) is 29.3 Å². The normalized spacial score (nSPS) is 12.7. The second kappa shape index (κ2) is 7.64. The molecule has 2 aromatic rings. The van der Waals surface area contributed by atoms with Crippen LogP contribution < -0.4 is 10.9 Å². The Balaban J connectivity index is 2.00. The summed E-state index contributed by atoms with van der Waals surface area (Å²) in [5.74, 6) is 0.532. The zero-order valence-corrected chi connectivity index (χ0v) is 15.6. The highest BCUT2D eigenvalue weighted by atomic mass is 16.1. The van der Waals surface area contributed by atoms with Crippen LogP contribution in [-0.4, -0.2) is 21.9 Å². The average molecular weight is 341 g/mol. The van der Waals surface area contributed by atoms with Crippen molar-refractivity contribution in [1.29, 1.82) is 0 Å². The van der Waals surface area contributed by atoms with E-state index in [1.165, 1.54) is 5.56 Å². The molecular weight excluding hydrogens is 314 g/mol. The Morgan fingerprint density at radius 2 is 1.88 bits per heavy atom. The fourth-order valence-electron chi connectivity index (χ4n) is 2.90. The number of rotatable bonds is 6. The van der Waals surface area contributed by atoms with E-state index in [0.29, 0.717) is 23.5 Å². The van der Waals surface area contributed by atoms with E-state index in [9.17, 15) is 9.59 Å². The molecule has 0 aliphatic carbocycles. The van der Waals surface area contributed by atoms with Crippen LogP contribution in [0.4, 0.5) is 0 Å². The number of aryl methyl sites for hydroxylation is 2. The molecule has 5 heteroatoms. The number of hydrogen-bond acceptors (Lipinski definition) is 3. The van der Waals surface area contributed by atoms with Gasteiger partial charge in [0.15, 0.2) is 0 Å². The number of aromatic nitrogens is 2. The van der Waals surface area contributed by atoms with Gasteiger partial charge in [0.05, 0.1) is 0 Å². The standard InChI is InChI=1S/C20H27N3O2/c1-13-17(19(25)23-15(3)21-13)11-12-18(24)22-14(2)20(4,5)16-9-7-6-8-10-16/h6-10,14H,11-12H2,1-5H3,(H,22,24)(H,21,23,25)/t14-/m0/s1. The molecule has 2 N–H and O–H groups in total. The summed E-state index contributed by atoms with van der Waals surface area (Å²) < 4.78 is 0. The fraction of sp³-hybridized carbons (Fsp3) is 0.450. The summed E-state index contributed by atoms with van der Waals surface area (Å²) in [5, 5.41) is 3.07. The molecule has 0 radical (unpaired) electrons. The van der Waals surface area contributed by atoms with Gasteiger partial charge in [0.2, 0.25) is 5.91 Å². The molecule has 0 unspecified atom stereocenters. The number of carbonyl (C=O) groups is 1. The molecule has 1 aromatic carbocycles. The van der Waals surface area contributed by atoms with Gasteiger partial charge in [-0.2, -0.15) is 0 Å². The van der Waals surface area contributed by atoms with Crippen molar-refractivity contribution in [2.24, 2.45) is 0 Å². The summed E-state index contributed by atoms with van der Waals surface area (Å²) in [5.41, 5.74) is 2.10. The first kappa shape index (κ1) is 18.9. The Hall–Kier alpha value is -2.43. The number of carbonyl (C=O) groups excluding carboxylic acids is 1. The number of aromatic amines is 1. The number of nitrogens with one attached hydrogen (secondary N) is 2. The smallest absolute Gasteiger partial charge is 0.254 e. The molecule has 1 amide bonds. The van der Waals surface area contributed by atoms with Crippen LogP contribution in [0.2, 0.25) is 0 Å². The highest BCUT2D eigenvalue weighted by molar-refractivity contribution is 5.76. The highest BCUT2D eigenvalue weighted by Crippen LogP contribution is 2.26. The van der Waals surface area contributed by atoms with Crippen molar-refractivity contribution in [1.82, 2.24) is 15.3 Å². The molecule has 1 aromatic heterocycles. The van der Waals surface area contributed by atoms with Gasteiger partial charge in [-0.1, -0.05) is 44.2 Å². The number of benzene rings is 1. The van der Waals surface area contributed by atoms with Crippen LogP contribution in [0.1, 0.15) is 49.8 Å². The summed E-state index contributed by atoms with van der Waals surface area (Å²) in [6, 6.07) is 10.1. The van der Waals surface area contributed by atoms with Gasteiger partial charge >= 0.3 is 0 Å². The number of nitrogens with zero attached hydrogens (tertiary/aromatic N) is 1. The molecule has 0 aliphatic rings. The summed E-state index contributed by atoms with van der Waals surface area (Å²) in [7, 11) is 0. The van der Waals surface area contributed by atoms with Gasteiger partial charge in [-0.3, -0.25) is 9.59 Å². The Morgan fingerprint density at radius 1 is 1.24 bits per heavy atom. The van der Waals surface area contributed by atoms with Crippen LogP contribution in [0.5, 0.6) is 0 Å². The topological polar surface area (TPSA) is 74.8 Å². The van der Waals surface area contributed by atoms with Crippen LogP contribution in [0.25, 0.3) is 0 Å². The van der Waals surface area contributed by atoms with Crippen molar-refractivity contribution in [3.05, 3.63) is 63.3 Å². The van der Waals surface area contributed by atoms with E-state index in [1.807, 2.05) is 25.1 Å². The number of amides is 1. The first-order chi connectivity index (χ1) is 11.7. The molecule has 0 saturated heterocycles. The first-order valence-corrected chi connectivity index (χ1v) is 8.63. The minimum Gasteiger partial charge on any atom is -0.353 e. The monoisotopic (exact) mass is 341 g/mol. The van der Waals surface area contributed by atoms with Crippen LogP contribution in [0.15, 0.2) is 35.1 Å². The second-order valence-electron chi connectivity index (χ2n) is 7.09. The largest absolute Gasteiger partial charge is 0.353 e. The third-order valence-corrected chi connectivity index (χ3v) is 4.92. The first-order valence-electron chi connectivity index (χ1n) is 8.63. The molecule has 0 saturated carbocycles. The van der Waals surface area contributed by atoms with E-state index in [2.05, 4.69) is 41.3 Å². The Labute approximate surface area is 148 Å². The van der Waals surface area contributed by atoms with E-state index in [0.717, 1.165) is 0 Å². The van der Waals surface area contributed by atoms with Crippen LogP contribution in [0.3, 0.4) is 0 Å². The summed E-state index contributed by atoms with van der Waals surface area (Å²) in [6.07, 6.45) is 0.655. The molecule has 0 spiro atoms. The Bertz CT molecular complexity index is 794. The van der Waals surface area contributed by atoms with E-state index >= 15 is 0 Å². The molecular formula is C20H27N3O2. The maximum atomic E-state index is 12.4. The highest BCUT2D eigenvalue weighted by Gasteiger charge is 2.28. The molecule has 134 valence electrons. The number of hydrogen-bond donors (Lipinski definition) is 2. The lowest BCUT2D eigenvalue weighted by molar-refractivity contribution is -0.122. The van der Waals surface area contributed by atoms with Gasteiger partial charge < -0.3 is 10.3 Å². The Kier molecular flexibility index (Phi) is 5.77. The third kappa shape index (κ3) is 4.56. The lowest BCUT2D eigenvalue weighted by Crippen LogP contribution is -2.45. The SMILES string of the molecule is Cc1nc(C)c(CCC(=O)N[C@@H](C)C(C)(C)c2ccccc2)c(=O)[nH]1. The zero-order valence-electron chi connectivity index (χ0n) is 15.6. The second-order valence-corrected chi connectivity index (χ2v) is 7.09. The predicted molar refractivity (Wildman–Crippen MR) is 99.7 cm³/mol. The van der Waals surface area contributed by atoms with Gasteiger partial charge in [-0.25, -0.2) is 4.98 Å². The van der Waals surface area contributed by atoms with Gasteiger partial charge in [0.1, 0.15) is 5.82 Å². The third-order valence-electron chi connectivity index (χ3n) is 4.92. The van der Waals surface area contributed by atoms with Crippen molar-refractivity contribution in [3.63, 3.8) is 0 Å². The molecule has 0 bridgehead atoms. The lowest BCUT2D eigenvalue weighted by atomic mass is 9.78. The summed E-state index contributed by atoms with van der Waals surface area (Å²) >= 11 is 0. The molecule has 2 rings (SSSR count). The van der Waals surface area contributed by atoms with Crippen molar-refractivity contribution in [2.45, 2.75) is 58.9 Å². The predicted octanol–water partition coefficient (Wildman–Crippen LogP) is 2.80. The van der Waals surface area contributed by atoms with Crippen molar-refractivity contribution in [3.8, 4) is 0 Å². The van der Waals surface area contributed by atoms with Crippen LogP contribution in [-0.2, 0) is 16.6 Å². The van der Waals surface area contributed by atoms with Crippen LogP contribution >= 0.6 is 0 Å². The van der Waals surface area contributed by atoms with Crippen LogP contribution in [0, 0.1) is 13.8 Å². The number of H-pyrrole nitrogens is 1. The minimum absolute atomic E-state index is 0.0297. The van der Waals surface area contributed by atoms with Gasteiger partial charge in [0, 0.05) is 29.1 Å². The van der Waals surface area contributed by atoms with E-state index < -0.39 is 0 Å². The summed E-state index contributed by atoms with van der Waals surface area (Å²) in [4.78, 5) is 31.3. The molecule has 1 atom stereocenters. The molecule has 25 heavy (non-hydrogen) atoms. The van der Waals surface area contributed by atoms with E-state index in [1.54, 1.807) is 13.8 Å². The maximum absolute atomic E-state index is 12.4. The lowest BCUT2D eigenvalue weighted by Gasteiger charge is -2.33.